The Morgan fingerprint density at radius 1 is 0.400 bits per heavy atom. The Balaban J connectivity index is 3.03. The summed E-state index contributed by atoms with van der Waals surface area (Å²) in [5.74, 6) is 0. The predicted molar refractivity (Wildman–Crippen MR) is 144 cm³/mol. The van der Waals surface area contributed by atoms with Crippen LogP contribution in [0.3, 0.4) is 0 Å². The van der Waals surface area contributed by atoms with E-state index in [1.165, 1.54) is 65.9 Å². The average molecular weight is 317 g/mol. The molecule has 9 heteroatoms. The molecule has 0 atom stereocenters. The molecule has 0 nitrogen and oxygen atoms in total. The predicted octanol–water partition coefficient (Wildman–Crippen LogP) is -11.0. The van der Waals surface area contributed by atoms with Crippen LogP contribution in [-0.4, -0.2) is 70.6 Å². The fourth-order valence-electron chi connectivity index (χ4n) is 4.69. The van der Waals surface area contributed by atoms with Gasteiger partial charge in [-0.1, -0.05) is 59.1 Å². The minimum absolute atomic E-state index is 0.172. The van der Waals surface area contributed by atoms with E-state index >= 15 is 0 Å². The van der Waals surface area contributed by atoms with E-state index < -0.39 is 0 Å². The molecule has 0 bridgehead atoms. The summed E-state index contributed by atoms with van der Waals surface area (Å²) in [6, 6.07) is 0. The van der Waals surface area contributed by atoms with E-state index in [0.29, 0.717) is 0 Å². The maximum Gasteiger partial charge on any atom is 0.139 e. The molecule has 0 saturated carbocycles. The highest BCUT2D eigenvalue weighted by atomic mass is 14.2. The molecule has 118 valence electrons. The molecular formula is C16H27B9. The Kier molecular flexibility index (Phi) is 5.40. The van der Waals surface area contributed by atoms with Crippen molar-refractivity contribution in [2.24, 2.45) is 0 Å². The number of benzene rings is 2. The van der Waals surface area contributed by atoms with E-state index in [4.69, 9.17) is 0 Å². The zero-order valence-electron chi connectivity index (χ0n) is 18.5. The van der Waals surface area contributed by atoms with Gasteiger partial charge in [0.1, 0.15) is 70.6 Å². The maximum atomic E-state index is 2.33. The summed E-state index contributed by atoms with van der Waals surface area (Å²) in [6.45, 7) is 6.99. The minimum atomic E-state index is 0.172. The van der Waals surface area contributed by atoms with Crippen LogP contribution in [-0.2, 0) is 5.41 Å². The SMILES string of the molecule is Bc1c(B)c(B)c(-c2c(B)c(B)c(C(C)(C)C)c(B)c2B)c(B)c1B. The molecule has 0 saturated heterocycles. The molecular weight excluding hydrogens is 289 g/mol. The van der Waals surface area contributed by atoms with Crippen molar-refractivity contribution < 1.29 is 0 Å². The second-order valence-electron chi connectivity index (χ2n) is 9.00. The zero-order chi connectivity index (χ0) is 19.4. The fraction of sp³-hybridized carbons (Fsp3) is 0.250. The molecule has 0 spiro atoms. The molecule has 0 fully saturated rings. The highest BCUT2D eigenvalue weighted by Gasteiger charge is 2.24. The van der Waals surface area contributed by atoms with Crippen LogP contribution in [0.15, 0.2) is 0 Å². The van der Waals surface area contributed by atoms with Gasteiger partial charge in [-0.05, 0) is 16.5 Å². The molecule has 25 heavy (non-hydrogen) atoms. The summed E-state index contributed by atoms with van der Waals surface area (Å²) in [5, 5.41) is 0. The van der Waals surface area contributed by atoms with Crippen molar-refractivity contribution >= 4 is 120 Å². The normalized spacial score (nSPS) is 11.6. The number of hydrogen-bond acceptors (Lipinski definition) is 0. The Morgan fingerprint density at radius 3 is 0.920 bits per heavy atom. The second-order valence-corrected chi connectivity index (χ2v) is 9.00. The summed E-state index contributed by atoms with van der Waals surface area (Å²) < 4.78 is 0. The topological polar surface area (TPSA) is 0 Å². The molecule has 0 N–H and O–H groups in total. The van der Waals surface area contributed by atoms with Crippen molar-refractivity contribution in [3.05, 3.63) is 5.56 Å². The van der Waals surface area contributed by atoms with Crippen LogP contribution < -0.4 is 49.2 Å². The highest BCUT2D eigenvalue weighted by molar-refractivity contribution is 6.70. The van der Waals surface area contributed by atoms with E-state index in [1.54, 1.807) is 0 Å². The summed E-state index contributed by atoms with van der Waals surface area (Å²) >= 11 is 0. The lowest BCUT2D eigenvalue weighted by molar-refractivity contribution is 0.598. The van der Waals surface area contributed by atoms with Gasteiger partial charge < -0.3 is 0 Å². The smallest absolute Gasteiger partial charge is 0.102 e. The standard InChI is InChI=1S/C16H27B9/c1-16(2,3)6-11(21)7(17)4(8(18)12(6)22)5-9(19)13(23)15(25)14(24)10(5)20/h17-25H2,1-3H3. The fourth-order valence-corrected chi connectivity index (χ4v) is 4.69. The molecule has 0 aromatic heterocycles. The van der Waals surface area contributed by atoms with Gasteiger partial charge in [0.2, 0.25) is 0 Å². The van der Waals surface area contributed by atoms with Gasteiger partial charge in [0, 0.05) is 0 Å². The van der Waals surface area contributed by atoms with Gasteiger partial charge in [0.15, 0.2) is 0 Å². The van der Waals surface area contributed by atoms with Crippen LogP contribution in [0, 0.1) is 0 Å². The highest BCUT2D eigenvalue weighted by Crippen LogP contribution is 2.18. The van der Waals surface area contributed by atoms with Crippen LogP contribution in [0.2, 0.25) is 0 Å². The molecule has 0 heterocycles. The Labute approximate surface area is 162 Å². The maximum absolute atomic E-state index is 2.33. The summed E-state index contributed by atoms with van der Waals surface area (Å²) in [7, 11) is 20.6. The van der Waals surface area contributed by atoms with Crippen LogP contribution in [0.4, 0.5) is 0 Å². The summed E-state index contributed by atoms with van der Waals surface area (Å²) in [5.41, 5.74) is 17.6. The van der Waals surface area contributed by atoms with E-state index in [1.807, 2.05) is 0 Å². The number of rotatable bonds is 1. The van der Waals surface area contributed by atoms with Gasteiger partial charge in [-0.25, -0.2) is 0 Å². The third kappa shape index (κ3) is 3.13. The van der Waals surface area contributed by atoms with E-state index in [0.717, 1.165) is 0 Å². The first-order valence-corrected chi connectivity index (χ1v) is 9.50. The molecule has 0 aliphatic heterocycles. The molecule has 0 unspecified atom stereocenters. The van der Waals surface area contributed by atoms with E-state index in [9.17, 15) is 0 Å². The Bertz CT molecular complexity index is 821. The molecule has 0 radical (unpaired) electrons. The van der Waals surface area contributed by atoms with E-state index in [-0.39, 0.29) is 5.41 Å². The quantitative estimate of drug-likeness (QED) is 0.459. The van der Waals surface area contributed by atoms with Gasteiger partial charge in [-0.15, -0.1) is 16.4 Å². The van der Waals surface area contributed by atoms with Crippen LogP contribution >= 0.6 is 0 Å². The van der Waals surface area contributed by atoms with Crippen LogP contribution in [0.5, 0.6) is 0 Å². The van der Waals surface area contributed by atoms with Crippen molar-refractivity contribution in [2.45, 2.75) is 26.2 Å². The van der Waals surface area contributed by atoms with Gasteiger partial charge in [-0.3, -0.25) is 0 Å². The molecule has 0 aliphatic rings. The van der Waals surface area contributed by atoms with Crippen molar-refractivity contribution in [2.75, 3.05) is 0 Å². The second kappa shape index (κ2) is 6.64. The lowest BCUT2D eigenvalue weighted by Crippen LogP contribution is -2.57. The van der Waals surface area contributed by atoms with Crippen LogP contribution in [0.1, 0.15) is 26.3 Å². The molecule has 0 amide bonds. The van der Waals surface area contributed by atoms with Crippen molar-refractivity contribution in [3.63, 3.8) is 0 Å². The van der Waals surface area contributed by atoms with Gasteiger partial charge in [0.25, 0.3) is 0 Å². The average Bonchev–Trinajstić information content (AvgIpc) is 2.51. The molecule has 2 aromatic rings. The number of hydrogen-bond donors (Lipinski definition) is 0. The Morgan fingerprint density at radius 2 is 0.640 bits per heavy atom. The first-order chi connectivity index (χ1) is 11.3. The first-order valence-electron chi connectivity index (χ1n) is 9.50. The summed E-state index contributed by atoms with van der Waals surface area (Å²) in [4.78, 5) is 0. The monoisotopic (exact) mass is 318 g/mol. The largest absolute Gasteiger partial charge is 0.139 e. The van der Waals surface area contributed by atoms with Crippen molar-refractivity contribution in [1.82, 2.24) is 0 Å². The lowest BCUT2D eigenvalue weighted by Gasteiger charge is -2.32. The molecule has 0 aliphatic carbocycles. The van der Waals surface area contributed by atoms with E-state index in [2.05, 4.69) is 91.4 Å². The van der Waals surface area contributed by atoms with Gasteiger partial charge in [-0.2, -0.15) is 0 Å². The van der Waals surface area contributed by atoms with Crippen molar-refractivity contribution in [1.29, 1.82) is 0 Å². The first kappa shape index (κ1) is 20.3. The summed E-state index contributed by atoms with van der Waals surface area (Å²) in [6.07, 6.45) is 0. The third-order valence-corrected chi connectivity index (χ3v) is 6.62. The lowest BCUT2D eigenvalue weighted by atomic mass is 9.55. The molecule has 2 rings (SSSR count). The molecule has 2 aromatic carbocycles. The van der Waals surface area contributed by atoms with Crippen LogP contribution in [0.25, 0.3) is 11.1 Å². The minimum Gasteiger partial charge on any atom is -0.102 e. The Hall–Kier alpha value is -0.976. The zero-order valence-corrected chi connectivity index (χ0v) is 18.5. The van der Waals surface area contributed by atoms with Gasteiger partial charge in [0.05, 0.1) is 0 Å². The third-order valence-electron chi connectivity index (χ3n) is 6.62. The van der Waals surface area contributed by atoms with Gasteiger partial charge >= 0.3 is 0 Å². The van der Waals surface area contributed by atoms with Crippen molar-refractivity contribution in [3.8, 4) is 11.1 Å².